The predicted octanol–water partition coefficient (Wildman–Crippen LogP) is 8.95. The molecule has 2 nitrogen and oxygen atoms in total. The Hall–Kier alpha value is -4.56. The number of benzene rings is 6. The average molecular weight is 461 g/mol. The van der Waals surface area contributed by atoms with Crippen molar-refractivity contribution in [2.45, 2.75) is 0 Å². The number of fused-ring (bicyclic) bond motifs is 9. The second-order valence-electron chi connectivity index (χ2n) is 9.95. The first-order chi connectivity index (χ1) is 17.7. The number of para-hydroxylation sites is 2. The van der Waals surface area contributed by atoms with Crippen LogP contribution < -0.4 is 0 Å². The first-order valence-corrected chi connectivity index (χ1v) is 12.5. The van der Waals surface area contributed by atoms with Crippen molar-refractivity contribution in [1.29, 1.82) is 0 Å². The monoisotopic (exact) mass is 460 g/mol. The Balaban J connectivity index is 1.45. The predicted molar refractivity (Wildman–Crippen MR) is 155 cm³/mol. The molecule has 170 valence electrons. The van der Waals surface area contributed by atoms with Gasteiger partial charge in [0.1, 0.15) is 0 Å². The minimum absolute atomic E-state index is 1.26. The number of aryl methyl sites for hydroxylation is 2. The van der Waals surface area contributed by atoms with Gasteiger partial charge in [-0.2, -0.15) is 0 Å². The van der Waals surface area contributed by atoms with E-state index in [9.17, 15) is 0 Å². The van der Waals surface area contributed by atoms with Crippen LogP contribution >= 0.6 is 0 Å². The molecule has 0 fully saturated rings. The summed E-state index contributed by atoms with van der Waals surface area (Å²) in [5.74, 6) is 0. The topological polar surface area (TPSA) is 9.86 Å². The molecular formula is C34H24N2. The molecule has 0 bridgehead atoms. The van der Waals surface area contributed by atoms with E-state index in [0.29, 0.717) is 0 Å². The standard InChI is InChI=1S/C34H24N2/c1-35-31-12-5-4-10-26(31)30-20-28-22(19-33(30)35)8-7-11-24(28)23-15-14-21-16-17-27-25-9-3-6-13-32(25)36(2)34(27)29(21)18-23/h3-20H,1-2H3. The smallest absolute Gasteiger partial charge is 0.0568 e. The molecule has 0 radical (unpaired) electrons. The van der Waals surface area contributed by atoms with Crippen molar-refractivity contribution < 1.29 is 0 Å². The van der Waals surface area contributed by atoms with Crippen LogP contribution in [0.1, 0.15) is 0 Å². The van der Waals surface area contributed by atoms with Gasteiger partial charge in [0, 0.05) is 57.6 Å². The molecule has 8 rings (SSSR count). The molecule has 0 saturated heterocycles. The lowest BCUT2D eigenvalue weighted by molar-refractivity contribution is 1.02. The first kappa shape index (κ1) is 19.7. The van der Waals surface area contributed by atoms with Gasteiger partial charge in [-0.3, -0.25) is 0 Å². The van der Waals surface area contributed by atoms with Gasteiger partial charge < -0.3 is 9.13 Å². The summed E-state index contributed by atoms with van der Waals surface area (Å²) in [6, 6.07) is 40.3. The summed E-state index contributed by atoms with van der Waals surface area (Å²) in [6.45, 7) is 0. The van der Waals surface area contributed by atoms with E-state index in [0.717, 1.165) is 0 Å². The quantitative estimate of drug-likeness (QED) is 0.231. The summed E-state index contributed by atoms with van der Waals surface area (Å²) in [5.41, 5.74) is 7.65. The van der Waals surface area contributed by atoms with Gasteiger partial charge in [0.2, 0.25) is 0 Å². The fraction of sp³-hybridized carbons (Fsp3) is 0.0588. The van der Waals surface area contributed by atoms with Crippen LogP contribution in [-0.2, 0) is 14.1 Å². The molecule has 0 unspecified atom stereocenters. The van der Waals surface area contributed by atoms with E-state index in [1.165, 1.54) is 76.3 Å². The van der Waals surface area contributed by atoms with Crippen molar-refractivity contribution in [2.24, 2.45) is 14.1 Å². The van der Waals surface area contributed by atoms with Gasteiger partial charge in [0.15, 0.2) is 0 Å². The molecule has 2 aromatic heterocycles. The van der Waals surface area contributed by atoms with E-state index in [4.69, 9.17) is 0 Å². The fourth-order valence-corrected chi connectivity index (χ4v) is 6.35. The number of hydrogen-bond acceptors (Lipinski definition) is 0. The van der Waals surface area contributed by atoms with Gasteiger partial charge >= 0.3 is 0 Å². The highest BCUT2D eigenvalue weighted by atomic mass is 14.9. The van der Waals surface area contributed by atoms with Gasteiger partial charge in [-0.1, -0.05) is 78.9 Å². The van der Waals surface area contributed by atoms with Crippen LogP contribution in [0.2, 0.25) is 0 Å². The van der Waals surface area contributed by atoms with Gasteiger partial charge in [0.05, 0.1) is 5.52 Å². The zero-order valence-corrected chi connectivity index (χ0v) is 20.3. The van der Waals surface area contributed by atoms with Crippen molar-refractivity contribution in [2.75, 3.05) is 0 Å². The van der Waals surface area contributed by atoms with Crippen LogP contribution in [0, 0.1) is 0 Å². The average Bonchev–Trinajstić information content (AvgIpc) is 3.38. The number of nitrogens with zero attached hydrogens (tertiary/aromatic N) is 2. The van der Waals surface area contributed by atoms with Crippen molar-refractivity contribution in [3.05, 3.63) is 109 Å². The molecule has 8 aromatic rings. The summed E-state index contributed by atoms with van der Waals surface area (Å²) < 4.78 is 4.66. The highest BCUT2D eigenvalue weighted by Gasteiger charge is 2.14. The molecule has 0 aliphatic carbocycles. The lowest BCUT2D eigenvalue weighted by Gasteiger charge is -2.11. The highest BCUT2D eigenvalue weighted by molar-refractivity contribution is 6.19. The van der Waals surface area contributed by atoms with Gasteiger partial charge in [-0.05, 0) is 57.6 Å². The fourth-order valence-electron chi connectivity index (χ4n) is 6.35. The zero-order chi connectivity index (χ0) is 24.0. The first-order valence-electron chi connectivity index (χ1n) is 12.5. The van der Waals surface area contributed by atoms with E-state index in [1.807, 2.05) is 0 Å². The lowest BCUT2D eigenvalue weighted by Crippen LogP contribution is -1.89. The van der Waals surface area contributed by atoms with Crippen molar-refractivity contribution in [1.82, 2.24) is 9.13 Å². The maximum absolute atomic E-state index is 2.39. The minimum Gasteiger partial charge on any atom is -0.344 e. The van der Waals surface area contributed by atoms with Crippen molar-refractivity contribution in [3.8, 4) is 11.1 Å². The third-order valence-electron chi connectivity index (χ3n) is 8.11. The van der Waals surface area contributed by atoms with Crippen LogP contribution in [0.5, 0.6) is 0 Å². The second-order valence-corrected chi connectivity index (χ2v) is 9.95. The molecule has 2 heteroatoms. The van der Waals surface area contributed by atoms with E-state index >= 15 is 0 Å². The Morgan fingerprint density at radius 3 is 1.97 bits per heavy atom. The maximum Gasteiger partial charge on any atom is 0.0568 e. The molecule has 2 heterocycles. The summed E-state index contributed by atoms with van der Waals surface area (Å²) in [6.07, 6.45) is 0. The van der Waals surface area contributed by atoms with Crippen LogP contribution in [0.25, 0.3) is 76.3 Å². The summed E-state index contributed by atoms with van der Waals surface area (Å²) in [7, 11) is 4.35. The molecule has 0 aliphatic heterocycles. The number of rotatable bonds is 1. The number of aromatic nitrogens is 2. The molecule has 0 amide bonds. The molecule has 36 heavy (non-hydrogen) atoms. The van der Waals surface area contributed by atoms with Crippen LogP contribution in [-0.4, -0.2) is 9.13 Å². The lowest BCUT2D eigenvalue weighted by atomic mass is 9.94. The normalized spacial score (nSPS) is 12.2. The maximum atomic E-state index is 2.39. The number of hydrogen-bond donors (Lipinski definition) is 0. The molecule has 6 aromatic carbocycles. The third kappa shape index (κ3) is 2.51. The van der Waals surface area contributed by atoms with E-state index in [2.05, 4.69) is 132 Å². The molecular weight excluding hydrogens is 436 g/mol. The van der Waals surface area contributed by atoms with Crippen LogP contribution in [0.4, 0.5) is 0 Å². The van der Waals surface area contributed by atoms with E-state index in [1.54, 1.807) is 0 Å². The second kappa shape index (κ2) is 6.99. The molecule has 0 atom stereocenters. The Bertz CT molecular complexity index is 2170. The van der Waals surface area contributed by atoms with Gasteiger partial charge in [0.25, 0.3) is 0 Å². The Morgan fingerprint density at radius 1 is 0.417 bits per heavy atom. The van der Waals surface area contributed by atoms with Crippen LogP contribution in [0.15, 0.2) is 109 Å². The summed E-state index contributed by atoms with van der Waals surface area (Å²) >= 11 is 0. The molecule has 0 aliphatic rings. The van der Waals surface area contributed by atoms with E-state index in [-0.39, 0.29) is 0 Å². The summed E-state index contributed by atoms with van der Waals surface area (Å²) in [4.78, 5) is 0. The van der Waals surface area contributed by atoms with Crippen molar-refractivity contribution in [3.63, 3.8) is 0 Å². The highest BCUT2D eigenvalue weighted by Crippen LogP contribution is 2.39. The molecule has 0 spiro atoms. The van der Waals surface area contributed by atoms with Gasteiger partial charge in [-0.25, -0.2) is 0 Å². The SMILES string of the molecule is Cn1c2ccccc2c2cc3c(-c4ccc5ccc6c7ccccc7n(C)c6c5c4)cccc3cc21. The minimum atomic E-state index is 1.26. The third-order valence-corrected chi connectivity index (χ3v) is 8.11. The Kier molecular flexibility index (Phi) is 3.83. The van der Waals surface area contributed by atoms with Crippen molar-refractivity contribution >= 4 is 65.2 Å². The van der Waals surface area contributed by atoms with Crippen LogP contribution in [0.3, 0.4) is 0 Å². The Morgan fingerprint density at radius 2 is 1.14 bits per heavy atom. The molecule has 0 saturated carbocycles. The van der Waals surface area contributed by atoms with E-state index < -0.39 is 0 Å². The largest absolute Gasteiger partial charge is 0.344 e. The Labute approximate surface area is 208 Å². The van der Waals surface area contributed by atoms with Gasteiger partial charge in [-0.15, -0.1) is 0 Å². The zero-order valence-electron chi connectivity index (χ0n) is 20.3. The molecule has 0 N–H and O–H groups in total. The summed E-state index contributed by atoms with van der Waals surface area (Å²) in [5, 5.41) is 10.4.